The fourth-order valence-corrected chi connectivity index (χ4v) is 4.96. The Labute approximate surface area is 147 Å². The fourth-order valence-electron chi connectivity index (χ4n) is 3.47. The molecule has 25 heavy (non-hydrogen) atoms. The molecule has 0 aromatic carbocycles. The molecule has 1 aliphatic carbocycles. The zero-order chi connectivity index (χ0) is 18.2. The summed E-state index contributed by atoms with van der Waals surface area (Å²) < 4.78 is 27.3. The Balaban J connectivity index is 1.87. The summed E-state index contributed by atoms with van der Waals surface area (Å²) in [6.45, 7) is 6.85. The summed E-state index contributed by atoms with van der Waals surface area (Å²) in [6, 6.07) is 0.125. The molecule has 8 nitrogen and oxygen atoms in total. The summed E-state index contributed by atoms with van der Waals surface area (Å²) >= 11 is 0. The number of hydrogen-bond acceptors (Lipinski definition) is 5. The molecule has 9 heteroatoms. The van der Waals surface area contributed by atoms with Crippen LogP contribution in [0.3, 0.4) is 0 Å². The first-order valence-corrected chi connectivity index (χ1v) is 10.3. The third-order valence-corrected chi connectivity index (χ3v) is 6.95. The standard InChI is InChI=1S/C16H26N4O4S/c1-11(2)13-10-20(7-3-6-19(13)9-12-4-5-12)25(23,24)14-8-17-16(22)18-15(14)21/h8,11-13H,3-7,9-10H2,1-2H3,(H2,17,18,21,22)/t13-/m0/s1. The van der Waals surface area contributed by atoms with Crippen molar-refractivity contribution in [3.8, 4) is 0 Å². The van der Waals surface area contributed by atoms with Crippen LogP contribution in [-0.2, 0) is 10.0 Å². The fraction of sp³-hybridized carbons (Fsp3) is 0.750. The number of nitrogens with one attached hydrogen (secondary N) is 2. The van der Waals surface area contributed by atoms with Crippen LogP contribution in [0, 0.1) is 11.8 Å². The topological polar surface area (TPSA) is 106 Å². The van der Waals surface area contributed by atoms with E-state index in [9.17, 15) is 18.0 Å². The lowest BCUT2D eigenvalue weighted by atomic mass is 10.0. The van der Waals surface area contributed by atoms with E-state index < -0.39 is 26.2 Å². The summed E-state index contributed by atoms with van der Waals surface area (Å²) in [6.07, 6.45) is 4.25. The molecule has 2 N–H and O–H groups in total. The van der Waals surface area contributed by atoms with Crippen LogP contribution in [0.25, 0.3) is 0 Å². The summed E-state index contributed by atoms with van der Waals surface area (Å²) in [5, 5.41) is 0. The first-order chi connectivity index (χ1) is 11.8. The summed E-state index contributed by atoms with van der Waals surface area (Å²) in [7, 11) is -3.94. The molecule has 1 saturated heterocycles. The van der Waals surface area contributed by atoms with Gasteiger partial charge in [0.15, 0.2) is 4.90 Å². The Morgan fingerprint density at radius 3 is 2.56 bits per heavy atom. The maximum Gasteiger partial charge on any atom is 0.325 e. The van der Waals surface area contributed by atoms with Crippen LogP contribution in [0.1, 0.15) is 33.1 Å². The van der Waals surface area contributed by atoms with Gasteiger partial charge in [0.25, 0.3) is 5.56 Å². The van der Waals surface area contributed by atoms with E-state index in [1.807, 2.05) is 4.98 Å². The highest BCUT2D eigenvalue weighted by Crippen LogP contribution is 2.32. The molecule has 3 rings (SSSR count). The molecule has 0 spiro atoms. The van der Waals surface area contributed by atoms with Crippen molar-refractivity contribution in [3.05, 3.63) is 27.0 Å². The SMILES string of the molecule is CC(C)[C@@H]1CN(S(=O)(=O)c2c[nH]c(=O)[nH]c2=O)CCCN1CC1CC1. The zero-order valence-electron chi connectivity index (χ0n) is 14.7. The highest BCUT2D eigenvalue weighted by Gasteiger charge is 2.36. The summed E-state index contributed by atoms with van der Waals surface area (Å²) in [5.74, 6) is 1.05. The number of sulfonamides is 1. The molecule has 1 atom stereocenters. The minimum absolute atomic E-state index is 0.125. The van der Waals surface area contributed by atoms with E-state index in [0.717, 1.165) is 31.6 Å². The van der Waals surface area contributed by atoms with Crippen LogP contribution in [0.5, 0.6) is 0 Å². The van der Waals surface area contributed by atoms with E-state index in [1.54, 1.807) is 0 Å². The van der Waals surface area contributed by atoms with Crippen molar-refractivity contribution in [2.75, 3.05) is 26.2 Å². The smallest absolute Gasteiger partial charge is 0.313 e. The van der Waals surface area contributed by atoms with E-state index in [0.29, 0.717) is 19.0 Å². The van der Waals surface area contributed by atoms with Gasteiger partial charge in [0, 0.05) is 31.9 Å². The van der Waals surface area contributed by atoms with E-state index in [-0.39, 0.29) is 6.04 Å². The second-order valence-electron chi connectivity index (χ2n) is 7.40. The van der Waals surface area contributed by atoms with Gasteiger partial charge in [-0.05, 0) is 37.6 Å². The average molecular weight is 370 g/mol. The van der Waals surface area contributed by atoms with Gasteiger partial charge in [0.05, 0.1) is 0 Å². The number of H-pyrrole nitrogens is 2. The van der Waals surface area contributed by atoms with Gasteiger partial charge in [-0.3, -0.25) is 14.7 Å². The van der Waals surface area contributed by atoms with Crippen molar-refractivity contribution in [1.82, 2.24) is 19.2 Å². The Bertz CT molecular complexity index is 825. The van der Waals surface area contributed by atoms with Gasteiger partial charge < -0.3 is 4.98 Å². The predicted octanol–water partition coefficient (Wildman–Crippen LogP) is 0.194. The summed E-state index contributed by atoms with van der Waals surface area (Å²) in [5.41, 5.74) is -1.58. The van der Waals surface area contributed by atoms with E-state index in [1.165, 1.54) is 17.1 Å². The van der Waals surface area contributed by atoms with Crippen molar-refractivity contribution >= 4 is 10.0 Å². The molecular formula is C16H26N4O4S. The van der Waals surface area contributed by atoms with E-state index in [2.05, 4.69) is 23.7 Å². The lowest BCUT2D eigenvalue weighted by Crippen LogP contribution is -2.47. The number of rotatable bonds is 5. The highest BCUT2D eigenvalue weighted by atomic mass is 32.2. The van der Waals surface area contributed by atoms with Gasteiger partial charge in [-0.1, -0.05) is 13.8 Å². The molecule has 1 saturated carbocycles. The van der Waals surface area contributed by atoms with Crippen LogP contribution in [0.4, 0.5) is 0 Å². The van der Waals surface area contributed by atoms with E-state index >= 15 is 0 Å². The van der Waals surface area contributed by atoms with Gasteiger partial charge in [-0.2, -0.15) is 4.31 Å². The van der Waals surface area contributed by atoms with Crippen LogP contribution in [-0.4, -0.2) is 59.8 Å². The molecule has 1 aliphatic heterocycles. The van der Waals surface area contributed by atoms with Crippen molar-refractivity contribution in [2.24, 2.45) is 11.8 Å². The van der Waals surface area contributed by atoms with Crippen LogP contribution in [0.2, 0.25) is 0 Å². The molecule has 0 radical (unpaired) electrons. The van der Waals surface area contributed by atoms with Crippen molar-refractivity contribution in [2.45, 2.75) is 44.0 Å². The van der Waals surface area contributed by atoms with Gasteiger partial charge in [-0.15, -0.1) is 0 Å². The Morgan fingerprint density at radius 2 is 1.96 bits per heavy atom. The molecule has 2 fully saturated rings. The molecule has 0 unspecified atom stereocenters. The number of nitrogens with zero attached hydrogens (tertiary/aromatic N) is 2. The average Bonchev–Trinajstić information content (AvgIpc) is 3.34. The minimum Gasteiger partial charge on any atom is -0.313 e. The molecule has 1 aromatic heterocycles. The highest BCUT2D eigenvalue weighted by molar-refractivity contribution is 7.89. The van der Waals surface area contributed by atoms with Gasteiger partial charge >= 0.3 is 5.69 Å². The molecule has 0 bridgehead atoms. The summed E-state index contributed by atoms with van der Waals surface area (Å²) in [4.78, 5) is 29.4. The number of aromatic amines is 2. The first kappa shape index (κ1) is 18.3. The monoisotopic (exact) mass is 370 g/mol. The Morgan fingerprint density at radius 1 is 1.24 bits per heavy atom. The molecule has 2 heterocycles. The Hall–Kier alpha value is -1.45. The zero-order valence-corrected chi connectivity index (χ0v) is 15.5. The van der Waals surface area contributed by atoms with Crippen molar-refractivity contribution in [1.29, 1.82) is 0 Å². The molecule has 0 amide bonds. The van der Waals surface area contributed by atoms with Crippen molar-refractivity contribution in [3.63, 3.8) is 0 Å². The third kappa shape index (κ3) is 4.04. The molecule has 2 aliphatic rings. The van der Waals surface area contributed by atoms with Crippen LogP contribution < -0.4 is 11.2 Å². The first-order valence-electron chi connectivity index (χ1n) is 8.85. The van der Waals surface area contributed by atoms with Gasteiger partial charge in [0.1, 0.15) is 0 Å². The number of aromatic nitrogens is 2. The molecule has 140 valence electrons. The normalized spacial score (nSPS) is 23.7. The Kier molecular flexibility index (Phi) is 5.17. The quantitative estimate of drug-likeness (QED) is 0.770. The van der Waals surface area contributed by atoms with Crippen LogP contribution >= 0.6 is 0 Å². The molecule has 1 aromatic rings. The maximum atomic E-state index is 12.9. The lowest BCUT2D eigenvalue weighted by Gasteiger charge is -2.34. The van der Waals surface area contributed by atoms with Gasteiger partial charge in [-0.25, -0.2) is 13.2 Å². The predicted molar refractivity (Wildman–Crippen MR) is 94.0 cm³/mol. The van der Waals surface area contributed by atoms with Crippen LogP contribution in [0.15, 0.2) is 20.7 Å². The second-order valence-corrected chi connectivity index (χ2v) is 9.31. The second kappa shape index (κ2) is 7.05. The van der Waals surface area contributed by atoms with Crippen molar-refractivity contribution < 1.29 is 8.42 Å². The maximum absolute atomic E-state index is 12.9. The largest absolute Gasteiger partial charge is 0.325 e. The third-order valence-electron chi connectivity index (χ3n) is 5.07. The number of hydrogen-bond donors (Lipinski definition) is 2. The van der Waals surface area contributed by atoms with Gasteiger partial charge in [0.2, 0.25) is 10.0 Å². The lowest BCUT2D eigenvalue weighted by molar-refractivity contribution is 0.150. The van der Waals surface area contributed by atoms with E-state index in [4.69, 9.17) is 0 Å². The molecular weight excluding hydrogens is 344 g/mol. The minimum atomic E-state index is -3.94.